The molecule has 100 valence electrons. The molecule has 2 nitrogen and oxygen atoms in total. The van der Waals surface area contributed by atoms with Gasteiger partial charge in [0.15, 0.2) is 0 Å². The zero-order chi connectivity index (χ0) is 13.7. The van der Waals surface area contributed by atoms with Crippen molar-refractivity contribution in [2.45, 2.75) is 25.6 Å². The molecule has 2 rings (SSSR count). The van der Waals surface area contributed by atoms with E-state index in [0.717, 1.165) is 18.6 Å². The molecule has 0 unspecified atom stereocenters. The number of rotatable bonds is 5. The maximum absolute atomic E-state index is 5.95. The number of hydrogen-bond acceptors (Lipinski definition) is 2. The summed E-state index contributed by atoms with van der Waals surface area (Å²) in [5.41, 5.74) is 1.93. The summed E-state index contributed by atoms with van der Waals surface area (Å²) in [6.45, 7) is 2.16. The smallest absolute Gasteiger partial charge is 0.219 e. The van der Waals surface area contributed by atoms with Gasteiger partial charge >= 0.3 is 0 Å². The summed E-state index contributed by atoms with van der Waals surface area (Å²) in [4.78, 5) is 4.26. The van der Waals surface area contributed by atoms with Gasteiger partial charge in [-0.2, -0.15) is 0 Å². The maximum Gasteiger partial charge on any atom is 0.219 e. The lowest BCUT2D eigenvalue weighted by molar-refractivity contribution is 0.461. The van der Waals surface area contributed by atoms with E-state index in [1.54, 1.807) is 12.1 Å². The first-order valence-corrected chi connectivity index (χ1v) is 7.12. The summed E-state index contributed by atoms with van der Waals surface area (Å²) in [5.74, 6) is 1.53. The Morgan fingerprint density at radius 3 is 2.47 bits per heavy atom. The number of pyridine rings is 1. The summed E-state index contributed by atoms with van der Waals surface area (Å²) < 4.78 is 5.68. The van der Waals surface area contributed by atoms with Gasteiger partial charge < -0.3 is 4.74 Å². The van der Waals surface area contributed by atoms with Crippen molar-refractivity contribution in [1.29, 1.82) is 0 Å². The van der Waals surface area contributed by atoms with Gasteiger partial charge in [0.05, 0.1) is 16.6 Å². The van der Waals surface area contributed by atoms with Crippen molar-refractivity contribution in [1.82, 2.24) is 4.98 Å². The standard InChI is InChI=1S/C15H15Cl2NO/c1-2-3-11-4-6-12(7-5-11)19-15-9-8-13(17)14(10-16)18-15/h4-9H,2-3,10H2,1H3. The normalized spacial score (nSPS) is 10.5. The van der Waals surface area contributed by atoms with Gasteiger partial charge in [0.2, 0.25) is 5.88 Å². The molecule has 0 aliphatic carbocycles. The van der Waals surface area contributed by atoms with Crippen molar-refractivity contribution in [3.05, 3.63) is 52.7 Å². The molecule has 19 heavy (non-hydrogen) atoms. The highest BCUT2D eigenvalue weighted by molar-refractivity contribution is 6.32. The lowest BCUT2D eigenvalue weighted by atomic mass is 10.1. The molecule has 0 fully saturated rings. The van der Waals surface area contributed by atoms with Crippen LogP contribution in [-0.4, -0.2) is 4.98 Å². The van der Waals surface area contributed by atoms with Crippen LogP contribution in [0.15, 0.2) is 36.4 Å². The molecule has 0 saturated heterocycles. The number of benzene rings is 1. The first kappa shape index (κ1) is 14.2. The van der Waals surface area contributed by atoms with Crippen molar-refractivity contribution in [3.8, 4) is 11.6 Å². The second-order valence-electron chi connectivity index (χ2n) is 4.21. The molecule has 0 amide bonds. The molecule has 2 aromatic rings. The van der Waals surface area contributed by atoms with Gasteiger partial charge in [-0.05, 0) is 30.2 Å². The van der Waals surface area contributed by atoms with Crippen LogP contribution in [0.4, 0.5) is 0 Å². The van der Waals surface area contributed by atoms with Crippen LogP contribution in [0.25, 0.3) is 0 Å². The number of halogens is 2. The third kappa shape index (κ3) is 3.85. The second kappa shape index (κ2) is 6.78. The molecule has 0 N–H and O–H groups in total. The van der Waals surface area contributed by atoms with E-state index in [4.69, 9.17) is 27.9 Å². The maximum atomic E-state index is 5.95. The molecule has 0 radical (unpaired) electrons. The number of aromatic nitrogens is 1. The van der Waals surface area contributed by atoms with Gasteiger partial charge in [-0.15, -0.1) is 11.6 Å². The van der Waals surface area contributed by atoms with Crippen LogP contribution in [0.3, 0.4) is 0 Å². The van der Waals surface area contributed by atoms with Crippen molar-refractivity contribution < 1.29 is 4.74 Å². The summed E-state index contributed by atoms with van der Waals surface area (Å²) in [7, 11) is 0. The van der Waals surface area contributed by atoms with Crippen LogP contribution in [-0.2, 0) is 12.3 Å². The van der Waals surface area contributed by atoms with E-state index in [1.165, 1.54) is 5.56 Å². The fraction of sp³-hybridized carbons (Fsp3) is 0.267. The van der Waals surface area contributed by atoms with E-state index in [9.17, 15) is 0 Å². The van der Waals surface area contributed by atoms with Gasteiger partial charge in [0, 0.05) is 6.07 Å². The molecule has 0 bridgehead atoms. The number of hydrogen-bond donors (Lipinski definition) is 0. The van der Waals surface area contributed by atoms with Crippen molar-refractivity contribution in [2.75, 3.05) is 0 Å². The SMILES string of the molecule is CCCc1ccc(Oc2ccc(Cl)c(CCl)n2)cc1. The minimum Gasteiger partial charge on any atom is -0.439 e. The Morgan fingerprint density at radius 2 is 1.84 bits per heavy atom. The van der Waals surface area contributed by atoms with Gasteiger partial charge in [-0.3, -0.25) is 0 Å². The molecule has 0 saturated carbocycles. The van der Waals surface area contributed by atoms with E-state index in [1.807, 2.05) is 12.1 Å². The van der Waals surface area contributed by atoms with Crippen molar-refractivity contribution in [2.24, 2.45) is 0 Å². The summed E-state index contributed by atoms with van der Waals surface area (Å²) >= 11 is 11.7. The predicted molar refractivity (Wildman–Crippen MR) is 79.3 cm³/mol. The zero-order valence-electron chi connectivity index (χ0n) is 10.7. The number of aryl methyl sites for hydroxylation is 1. The molecule has 0 aliphatic heterocycles. The number of ether oxygens (including phenoxy) is 1. The molecule has 0 aliphatic rings. The van der Waals surface area contributed by atoms with Crippen molar-refractivity contribution >= 4 is 23.2 Å². The average molecular weight is 296 g/mol. The third-order valence-corrected chi connectivity index (χ3v) is 3.30. The minimum absolute atomic E-state index is 0.269. The van der Waals surface area contributed by atoms with Gasteiger partial charge in [0.25, 0.3) is 0 Å². The molecule has 0 atom stereocenters. The number of nitrogens with zero attached hydrogens (tertiary/aromatic N) is 1. The lowest BCUT2D eigenvalue weighted by Crippen LogP contribution is -1.93. The van der Waals surface area contributed by atoms with Crippen LogP contribution >= 0.6 is 23.2 Å². The first-order chi connectivity index (χ1) is 9.22. The molecule has 1 aromatic heterocycles. The average Bonchev–Trinajstić information content (AvgIpc) is 2.43. The highest BCUT2D eigenvalue weighted by Gasteiger charge is 2.05. The van der Waals surface area contributed by atoms with E-state index in [2.05, 4.69) is 24.0 Å². The van der Waals surface area contributed by atoms with Crippen LogP contribution in [0.1, 0.15) is 24.6 Å². The fourth-order valence-corrected chi connectivity index (χ4v) is 2.19. The molecule has 1 heterocycles. The Balaban J connectivity index is 2.12. The van der Waals surface area contributed by atoms with Crippen LogP contribution in [0, 0.1) is 0 Å². The van der Waals surface area contributed by atoms with Gasteiger partial charge in [-0.25, -0.2) is 4.98 Å². The molecular formula is C15H15Cl2NO. The summed E-state index contributed by atoms with van der Waals surface area (Å²) in [6.07, 6.45) is 2.22. The minimum atomic E-state index is 0.269. The highest BCUT2D eigenvalue weighted by Crippen LogP contribution is 2.24. The summed E-state index contributed by atoms with van der Waals surface area (Å²) in [6, 6.07) is 11.5. The quantitative estimate of drug-likeness (QED) is 0.706. The van der Waals surface area contributed by atoms with Crippen LogP contribution < -0.4 is 4.74 Å². The molecule has 0 spiro atoms. The molecule has 4 heteroatoms. The Hall–Kier alpha value is -1.25. The predicted octanol–water partition coefficient (Wildman–Crippen LogP) is 5.22. The third-order valence-electron chi connectivity index (χ3n) is 2.70. The van der Waals surface area contributed by atoms with Crippen LogP contribution in [0.5, 0.6) is 11.6 Å². The molecule has 1 aromatic carbocycles. The molecular weight excluding hydrogens is 281 g/mol. The monoisotopic (exact) mass is 295 g/mol. The lowest BCUT2D eigenvalue weighted by Gasteiger charge is -2.07. The Bertz CT molecular complexity index is 540. The highest BCUT2D eigenvalue weighted by atomic mass is 35.5. The topological polar surface area (TPSA) is 22.1 Å². The Morgan fingerprint density at radius 1 is 1.11 bits per heavy atom. The van der Waals surface area contributed by atoms with E-state index < -0.39 is 0 Å². The van der Waals surface area contributed by atoms with Crippen molar-refractivity contribution in [3.63, 3.8) is 0 Å². The zero-order valence-corrected chi connectivity index (χ0v) is 12.2. The second-order valence-corrected chi connectivity index (χ2v) is 4.88. The van der Waals surface area contributed by atoms with Gasteiger partial charge in [0.1, 0.15) is 5.75 Å². The first-order valence-electron chi connectivity index (χ1n) is 6.21. The largest absolute Gasteiger partial charge is 0.439 e. The van der Waals surface area contributed by atoms with E-state index in [-0.39, 0.29) is 5.88 Å². The number of alkyl halides is 1. The Labute approximate surface area is 123 Å². The van der Waals surface area contributed by atoms with E-state index in [0.29, 0.717) is 16.6 Å². The fourth-order valence-electron chi connectivity index (χ4n) is 1.75. The van der Waals surface area contributed by atoms with E-state index >= 15 is 0 Å². The Kier molecular flexibility index (Phi) is 5.06. The van der Waals surface area contributed by atoms with Gasteiger partial charge in [-0.1, -0.05) is 37.1 Å². The summed E-state index contributed by atoms with van der Waals surface area (Å²) in [5, 5.41) is 0.556. The van der Waals surface area contributed by atoms with Crippen LogP contribution in [0.2, 0.25) is 5.02 Å².